The summed E-state index contributed by atoms with van der Waals surface area (Å²) in [4.78, 5) is 26.7. The van der Waals surface area contributed by atoms with Crippen LogP contribution in [0, 0.1) is 0 Å². The minimum absolute atomic E-state index is 0.0611. The molecule has 4 N–H and O–H groups in total. The van der Waals surface area contributed by atoms with Gasteiger partial charge in [0, 0.05) is 22.7 Å². The van der Waals surface area contributed by atoms with E-state index in [4.69, 9.17) is 5.73 Å². The molecule has 1 aliphatic heterocycles. The lowest BCUT2D eigenvalue weighted by Gasteiger charge is -2.16. The number of H-pyrrole nitrogens is 1. The maximum Gasteiger partial charge on any atom is 0.274 e. The maximum atomic E-state index is 11.9. The zero-order valence-corrected chi connectivity index (χ0v) is 12.5. The fourth-order valence-electron chi connectivity index (χ4n) is 3.10. The number of hydrogen-bond donors (Lipinski definition) is 3. The first-order valence-electron chi connectivity index (χ1n) is 7.52. The second kappa shape index (κ2) is 5.67. The molecule has 114 valence electrons. The first-order chi connectivity index (χ1) is 10.6. The molecule has 1 aromatic heterocycles. The van der Waals surface area contributed by atoms with Gasteiger partial charge in [0.05, 0.1) is 0 Å². The standard InChI is InChI=1S/C17H19N3O2/c1-2-5-10(8-12-15(18)17(22)20-16(12)21)13-9-19-14-7-4-3-6-11(13)14/h3-4,6-7,9-10,19H,2,5,8H2,1H3,(H3,18,20,21,22). The fraction of sp³-hybridized carbons (Fsp3) is 0.294. The average molecular weight is 297 g/mol. The van der Waals surface area contributed by atoms with E-state index in [-0.39, 0.29) is 17.5 Å². The Labute approximate surface area is 128 Å². The van der Waals surface area contributed by atoms with Gasteiger partial charge in [0.2, 0.25) is 0 Å². The molecule has 0 saturated heterocycles. The number of carbonyl (C=O) groups is 2. The monoisotopic (exact) mass is 297 g/mol. The number of rotatable bonds is 5. The van der Waals surface area contributed by atoms with Crippen LogP contribution in [0.15, 0.2) is 41.7 Å². The van der Waals surface area contributed by atoms with Gasteiger partial charge in [-0.05, 0) is 30.4 Å². The normalized spacial score (nSPS) is 16.4. The first kappa shape index (κ1) is 14.4. The van der Waals surface area contributed by atoms with Gasteiger partial charge in [-0.15, -0.1) is 0 Å². The Kier molecular flexibility index (Phi) is 3.71. The predicted molar refractivity (Wildman–Crippen MR) is 84.9 cm³/mol. The molecule has 1 aromatic carbocycles. The second-order valence-corrected chi connectivity index (χ2v) is 5.65. The highest BCUT2D eigenvalue weighted by Crippen LogP contribution is 2.34. The quantitative estimate of drug-likeness (QED) is 0.740. The lowest BCUT2D eigenvalue weighted by Crippen LogP contribution is -2.24. The summed E-state index contributed by atoms with van der Waals surface area (Å²) < 4.78 is 0. The zero-order valence-electron chi connectivity index (χ0n) is 12.5. The van der Waals surface area contributed by atoms with Gasteiger partial charge in [0.25, 0.3) is 11.8 Å². The molecule has 0 spiro atoms. The summed E-state index contributed by atoms with van der Waals surface area (Å²) in [7, 11) is 0. The number of fused-ring (bicyclic) bond motifs is 1. The number of aromatic amines is 1. The maximum absolute atomic E-state index is 11.9. The van der Waals surface area contributed by atoms with Gasteiger partial charge >= 0.3 is 0 Å². The van der Waals surface area contributed by atoms with Crippen LogP contribution < -0.4 is 11.1 Å². The summed E-state index contributed by atoms with van der Waals surface area (Å²) >= 11 is 0. The molecule has 3 rings (SSSR count). The van der Waals surface area contributed by atoms with E-state index in [9.17, 15) is 9.59 Å². The van der Waals surface area contributed by atoms with E-state index in [1.165, 1.54) is 5.56 Å². The van der Waals surface area contributed by atoms with Crippen LogP contribution in [-0.4, -0.2) is 16.8 Å². The van der Waals surface area contributed by atoms with Crippen LogP contribution in [0.3, 0.4) is 0 Å². The number of nitrogens with two attached hydrogens (primary N) is 1. The van der Waals surface area contributed by atoms with Crippen molar-refractivity contribution < 1.29 is 9.59 Å². The smallest absolute Gasteiger partial charge is 0.274 e. The molecule has 2 amide bonds. The van der Waals surface area contributed by atoms with E-state index in [1.807, 2.05) is 24.4 Å². The average Bonchev–Trinajstić information content (AvgIpc) is 3.03. The highest BCUT2D eigenvalue weighted by atomic mass is 16.2. The second-order valence-electron chi connectivity index (χ2n) is 5.65. The van der Waals surface area contributed by atoms with Crippen molar-refractivity contribution in [1.29, 1.82) is 0 Å². The van der Waals surface area contributed by atoms with E-state index in [0.29, 0.717) is 12.0 Å². The summed E-state index contributed by atoms with van der Waals surface area (Å²) in [6.45, 7) is 2.11. The van der Waals surface area contributed by atoms with Gasteiger partial charge in [0.1, 0.15) is 5.70 Å². The molecule has 5 nitrogen and oxygen atoms in total. The SMILES string of the molecule is CCCC(CC1=C(N)C(=O)NC1=O)c1c[nH]c2ccccc12. The molecule has 1 atom stereocenters. The number of hydrogen-bond acceptors (Lipinski definition) is 3. The lowest BCUT2D eigenvalue weighted by atomic mass is 9.87. The number of aromatic nitrogens is 1. The van der Waals surface area contributed by atoms with Crippen molar-refractivity contribution in [2.75, 3.05) is 0 Å². The number of imide groups is 1. The van der Waals surface area contributed by atoms with E-state index in [2.05, 4.69) is 23.3 Å². The number of carbonyl (C=O) groups excluding carboxylic acids is 2. The minimum Gasteiger partial charge on any atom is -0.394 e. The minimum atomic E-state index is -0.478. The van der Waals surface area contributed by atoms with Crippen molar-refractivity contribution in [1.82, 2.24) is 10.3 Å². The van der Waals surface area contributed by atoms with Crippen molar-refractivity contribution >= 4 is 22.7 Å². The number of benzene rings is 1. The van der Waals surface area contributed by atoms with Gasteiger partial charge in [-0.1, -0.05) is 31.5 Å². The summed E-state index contributed by atoms with van der Waals surface area (Å²) in [5.74, 6) is -0.677. The molecule has 0 saturated carbocycles. The van der Waals surface area contributed by atoms with Crippen LogP contribution >= 0.6 is 0 Å². The molecule has 0 fully saturated rings. The topological polar surface area (TPSA) is 88.0 Å². The van der Waals surface area contributed by atoms with Crippen LogP contribution in [0.25, 0.3) is 10.9 Å². The Bertz CT molecular complexity index is 773. The number of nitrogens with one attached hydrogen (secondary N) is 2. The van der Waals surface area contributed by atoms with Crippen molar-refractivity contribution in [3.63, 3.8) is 0 Å². The summed E-state index contributed by atoms with van der Waals surface area (Å²) in [6, 6.07) is 8.09. The van der Waals surface area contributed by atoms with E-state index in [0.717, 1.165) is 23.7 Å². The largest absolute Gasteiger partial charge is 0.394 e. The predicted octanol–water partition coefficient (Wildman–Crippen LogP) is 2.31. The molecule has 2 heterocycles. The van der Waals surface area contributed by atoms with Gasteiger partial charge in [-0.25, -0.2) is 0 Å². The molecule has 22 heavy (non-hydrogen) atoms. The third kappa shape index (κ3) is 2.39. The molecule has 1 aliphatic rings. The molecule has 2 aromatic rings. The van der Waals surface area contributed by atoms with Crippen LogP contribution in [-0.2, 0) is 9.59 Å². The Morgan fingerprint density at radius 3 is 2.64 bits per heavy atom. The molecule has 0 bridgehead atoms. The zero-order chi connectivity index (χ0) is 15.7. The van der Waals surface area contributed by atoms with Crippen molar-refractivity contribution in [3.8, 4) is 0 Å². The van der Waals surface area contributed by atoms with E-state index < -0.39 is 5.91 Å². The first-order valence-corrected chi connectivity index (χ1v) is 7.52. The molecule has 0 radical (unpaired) electrons. The van der Waals surface area contributed by atoms with Gasteiger partial charge in [-0.2, -0.15) is 0 Å². The Morgan fingerprint density at radius 1 is 1.18 bits per heavy atom. The molecule has 0 aliphatic carbocycles. The third-order valence-electron chi connectivity index (χ3n) is 4.22. The Morgan fingerprint density at radius 2 is 1.95 bits per heavy atom. The lowest BCUT2D eigenvalue weighted by molar-refractivity contribution is -0.124. The van der Waals surface area contributed by atoms with Crippen LogP contribution in [0.5, 0.6) is 0 Å². The molecule has 5 heteroatoms. The molecular formula is C17H19N3O2. The van der Waals surface area contributed by atoms with Crippen molar-refractivity contribution in [2.45, 2.75) is 32.1 Å². The summed E-state index contributed by atoms with van der Waals surface area (Å²) in [6.07, 6.45) is 4.41. The van der Waals surface area contributed by atoms with Crippen molar-refractivity contribution in [2.24, 2.45) is 5.73 Å². The van der Waals surface area contributed by atoms with Gasteiger partial charge in [-0.3, -0.25) is 14.9 Å². The van der Waals surface area contributed by atoms with E-state index in [1.54, 1.807) is 0 Å². The fourth-order valence-corrected chi connectivity index (χ4v) is 3.10. The van der Waals surface area contributed by atoms with Crippen LogP contribution in [0.4, 0.5) is 0 Å². The molecular weight excluding hydrogens is 278 g/mol. The van der Waals surface area contributed by atoms with Crippen LogP contribution in [0.2, 0.25) is 0 Å². The Hall–Kier alpha value is -2.56. The number of para-hydroxylation sites is 1. The Balaban J connectivity index is 1.97. The highest BCUT2D eigenvalue weighted by Gasteiger charge is 2.30. The summed E-state index contributed by atoms with van der Waals surface area (Å²) in [5.41, 5.74) is 8.48. The van der Waals surface area contributed by atoms with Gasteiger partial charge < -0.3 is 10.7 Å². The summed E-state index contributed by atoms with van der Waals surface area (Å²) in [5, 5.41) is 3.42. The van der Waals surface area contributed by atoms with Crippen molar-refractivity contribution in [3.05, 3.63) is 47.3 Å². The molecule has 1 unspecified atom stereocenters. The van der Waals surface area contributed by atoms with Crippen LogP contribution in [0.1, 0.15) is 37.7 Å². The third-order valence-corrected chi connectivity index (χ3v) is 4.22. The van der Waals surface area contributed by atoms with Gasteiger partial charge in [0.15, 0.2) is 0 Å². The van der Waals surface area contributed by atoms with E-state index >= 15 is 0 Å². The highest BCUT2D eigenvalue weighted by molar-refractivity contribution is 6.18. The number of amides is 2.